The van der Waals surface area contributed by atoms with Gasteiger partial charge in [-0.05, 0) is 41.8 Å². The summed E-state index contributed by atoms with van der Waals surface area (Å²) in [5.41, 5.74) is 4.26. The number of rotatable bonds is 2. The molecule has 2 aromatic carbocycles. The number of amides is 2. The predicted octanol–water partition coefficient (Wildman–Crippen LogP) is 5.22. The van der Waals surface area contributed by atoms with Gasteiger partial charge in [0, 0.05) is 17.6 Å². The number of hydrogen-bond acceptors (Lipinski definition) is 1. The Bertz CT molecular complexity index is 914. The summed E-state index contributed by atoms with van der Waals surface area (Å²) in [7, 11) is 0. The number of anilines is 1. The quantitative estimate of drug-likeness (QED) is 0.679. The van der Waals surface area contributed by atoms with E-state index in [1.807, 2.05) is 47.4 Å². The smallest absolute Gasteiger partial charge is 0.318 e. The van der Waals surface area contributed by atoms with Crippen LogP contribution in [0.25, 0.3) is 5.69 Å². The summed E-state index contributed by atoms with van der Waals surface area (Å²) in [6, 6.07) is 22.0. The molecular weight excluding hydrogens is 322 g/mol. The third kappa shape index (κ3) is 2.88. The molecule has 2 amide bonds. The van der Waals surface area contributed by atoms with Crippen LogP contribution in [0, 0.1) is 5.92 Å². The molecule has 1 aliphatic rings. The van der Waals surface area contributed by atoms with Crippen LogP contribution in [0.1, 0.15) is 31.1 Å². The van der Waals surface area contributed by atoms with Crippen molar-refractivity contribution in [1.82, 2.24) is 9.47 Å². The number of hydrogen-bond donors (Lipinski definition) is 1. The van der Waals surface area contributed by atoms with E-state index < -0.39 is 0 Å². The maximum atomic E-state index is 13.2. The Kier molecular flexibility index (Phi) is 4.25. The normalized spacial score (nSPS) is 16.0. The molecule has 4 rings (SSSR count). The summed E-state index contributed by atoms with van der Waals surface area (Å²) < 4.78 is 2.22. The second-order valence-corrected chi connectivity index (χ2v) is 7.04. The molecule has 1 N–H and O–H groups in total. The molecule has 0 spiro atoms. The topological polar surface area (TPSA) is 37.3 Å². The second-order valence-electron chi connectivity index (χ2n) is 7.04. The summed E-state index contributed by atoms with van der Waals surface area (Å²) in [4.78, 5) is 15.1. The van der Waals surface area contributed by atoms with E-state index >= 15 is 0 Å². The molecular formula is C22H23N3O. The van der Waals surface area contributed by atoms with Crippen LogP contribution in [0.3, 0.4) is 0 Å². The molecule has 4 heteroatoms. The fourth-order valence-electron chi connectivity index (χ4n) is 3.79. The van der Waals surface area contributed by atoms with Gasteiger partial charge in [-0.2, -0.15) is 0 Å². The fourth-order valence-corrected chi connectivity index (χ4v) is 3.79. The van der Waals surface area contributed by atoms with Crippen LogP contribution in [0.5, 0.6) is 0 Å². The summed E-state index contributed by atoms with van der Waals surface area (Å²) in [6.07, 6.45) is 2.09. The molecule has 0 saturated carbocycles. The van der Waals surface area contributed by atoms with Gasteiger partial charge in [0.25, 0.3) is 0 Å². The van der Waals surface area contributed by atoms with Crippen molar-refractivity contribution in [2.24, 2.45) is 5.92 Å². The number of aromatic nitrogens is 1. The molecule has 0 fully saturated rings. The van der Waals surface area contributed by atoms with Gasteiger partial charge in [0.2, 0.25) is 0 Å². The lowest BCUT2D eigenvalue weighted by Crippen LogP contribution is -2.39. The van der Waals surface area contributed by atoms with Crippen LogP contribution in [0.15, 0.2) is 72.9 Å². The van der Waals surface area contributed by atoms with Gasteiger partial charge < -0.3 is 14.8 Å². The van der Waals surface area contributed by atoms with Crippen molar-refractivity contribution in [3.8, 4) is 5.69 Å². The van der Waals surface area contributed by atoms with Gasteiger partial charge in [-0.15, -0.1) is 0 Å². The minimum absolute atomic E-state index is 0.00103. The SMILES string of the molecule is CC(C)[C@H]1c2cccn2-c2ccccc2CN1C(=O)Nc1ccccc1. The highest BCUT2D eigenvalue weighted by Crippen LogP contribution is 2.36. The van der Waals surface area contributed by atoms with Gasteiger partial charge in [-0.1, -0.05) is 50.2 Å². The molecule has 1 aromatic heterocycles. The van der Waals surface area contributed by atoms with Gasteiger partial charge in [-0.25, -0.2) is 4.79 Å². The molecule has 1 atom stereocenters. The molecule has 3 aromatic rings. The number of carbonyl (C=O) groups excluding carboxylic acids is 1. The van der Waals surface area contributed by atoms with Crippen molar-refractivity contribution < 1.29 is 4.79 Å². The standard InChI is InChI=1S/C22H23N3O/c1-16(2)21-20-13-8-14-24(20)19-12-7-6-9-17(19)15-25(21)22(26)23-18-10-4-3-5-11-18/h3-14,16,21H,15H2,1-2H3,(H,23,26)/t21-/m0/s1. The summed E-state index contributed by atoms with van der Waals surface area (Å²) in [5, 5.41) is 3.06. The average Bonchev–Trinajstić information content (AvgIpc) is 3.06. The van der Waals surface area contributed by atoms with Gasteiger partial charge in [0.05, 0.1) is 18.3 Å². The van der Waals surface area contributed by atoms with Crippen molar-refractivity contribution in [1.29, 1.82) is 0 Å². The Morgan fingerprint density at radius 2 is 1.73 bits per heavy atom. The van der Waals surface area contributed by atoms with Gasteiger partial charge in [-0.3, -0.25) is 0 Å². The lowest BCUT2D eigenvalue weighted by atomic mass is 9.99. The number of urea groups is 1. The van der Waals surface area contributed by atoms with E-state index in [-0.39, 0.29) is 12.1 Å². The van der Waals surface area contributed by atoms with E-state index in [0.717, 1.165) is 22.6 Å². The van der Waals surface area contributed by atoms with Crippen LogP contribution >= 0.6 is 0 Å². The zero-order valence-electron chi connectivity index (χ0n) is 15.1. The van der Waals surface area contributed by atoms with Crippen molar-refractivity contribution in [2.75, 3.05) is 5.32 Å². The van der Waals surface area contributed by atoms with Crippen LogP contribution in [-0.4, -0.2) is 15.5 Å². The second kappa shape index (κ2) is 6.71. The van der Waals surface area contributed by atoms with E-state index in [1.54, 1.807) is 0 Å². The van der Waals surface area contributed by atoms with E-state index in [9.17, 15) is 4.79 Å². The zero-order chi connectivity index (χ0) is 18.1. The summed E-state index contributed by atoms with van der Waals surface area (Å²) >= 11 is 0. The van der Waals surface area contributed by atoms with Gasteiger partial charge in [0.15, 0.2) is 0 Å². The Balaban J connectivity index is 1.77. The van der Waals surface area contributed by atoms with Gasteiger partial charge >= 0.3 is 6.03 Å². The summed E-state index contributed by atoms with van der Waals surface area (Å²) in [5.74, 6) is 0.291. The maximum absolute atomic E-state index is 13.2. The number of nitrogens with zero attached hydrogens (tertiary/aromatic N) is 2. The zero-order valence-corrected chi connectivity index (χ0v) is 15.1. The molecule has 1 aliphatic heterocycles. The molecule has 4 nitrogen and oxygen atoms in total. The first-order valence-electron chi connectivity index (χ1n) is 9.03. The van der Waals surface area contributed by atoms with Crippen LogP contribution in [0.2, 0.25) is 0 Å². The Labute approximate surface area is 154 Å². The highest BCUT2D eigenvalue weighted by atomic mass is 16.2. The van der Waals surface area contributed by atoms with Crippen LogP contribution in [0.4, 0.5) is 10.5 Å². The molecule has 0 saturated heterocycles. The minimum Gasteiger partial charge on any atom is -0.318 e. The number of fused-ring (bicyclic) bond motifs is 3. The average molecular weight is 345 g/mol. The highest BCUT2D eigenvalue weighted by molar-refractivity contribution is 5.89. The Hall–Kier alpha value is -3.01. The van der Waals surface area contributed by atoms with Crippen LogP contribution < -0.4 is 5.32 Å². The molecule has 0 unspecified atom stereocenters. The Morgan fingerprint density at radius 1 is 1.00 bits per heavy atom. The molecule has 26 heavy (non-hydrogen) atoms. The number of para-hydroxylation sites is 2. The van der Waals surface area contributed by atoms with Gasteiger partial charge in [0.1, 0.15) is 0 Å². The van der Waals surface area contributed by atoms with E-state index in [4.69, 9.17) is 0 Å². The number of nitrogens with one attached hydrogen (secondary N) is 1. The monoisotopic (exact) mass is 345 g/mol. The first-order valence-corrected chi connectivity index (χ1v) is 9.03. The van der Waals surface area contributed by atoms with Crippen molar-refractivity contribution >= 4 is 11.7 Å². The largest absolute Gasteiger partial charge is 0.322 e. The number of benzene rings is 2. The maximum Gasteiger partial charge on any atom is 0.322 e. The Morgan fingerprint density at radius 3 is 2.50 bits per heavy atom. The van der Waals surface area contributed by atoms with E-state index in [2.05, 4.69) is 54.2 Å². The van der Waals surface area contributed by atoms with E-state index in [1.165, 1.54) is 0 Å². The summed E-state index contributed by atoms with van der Waals surface area (Å²) in [6.45, 7) is 4.92. The predicted molar refractivity (Wildman–Crippen MR) is 104 cm³/mol. The first kappa shape index (κ1) is 16.5. The third-order valence-electron chi connectivity index (χ3n) is 4.93. The highest BCUT2D eigenvalue weighted by Gasteiger charge is 2.33. The molecule has 0 radical (unpaired) electrons. The number of carbonyl (C=O) groups is 1. The first-order chi connectivity index (χ1) is 12.6. The van der Waals surface area contributed by atoms with Crippen molar-refractivity contribution in [2.45, 2.75) is 26.4 Å². The molecule has 0 aliphatic carbocycles. The lowest BCUT2D eigenvalue weighted by Gasteiger charge is -2.33. The van der Waals surface area contributed by atoms with Crippen LogP contribution in [-0.2, 0) is 6.54 Å². The molecule has 0 bridgehead atoms. The molecule has 132 valence electrons. The van der Waals surface area contributed by atoms with Crippen molar-refractivity contribution in [3.63, 3.8) is 0 Å². The van der Waals surface area contributed by atoms with Crippen molar-refractivity contribution in [3.05, 3.63) is 84.2 Å². The lowest BCUT2D eigenvalue weighted by molar-refractivity contribution is 0.162. The third-order valence-corrected chi connectivity index (χ3v) is 4.93. The fraction of sp³-hybridized carbons (Fsp3) is 0.227. The molecule has 2 heterocycles. The van der Waals surface area contributed by atoms with E-state index in [0.29, 0.717) is 12.5 Å². The minimum atomic E-state index is -0.0700.